The van der Waals surface area contributed by atoms with Crippen LogP contribution in [0.15, 0.2) is 87.8 Å². The van der Waals surface area contributed by atoms with Crippen molar-refractivity contribution >= 4 is 40.6 Å². The molecule has 1 amide bonds. The Balaban J connectivity index is 1.71. The molecule has 1 aliphatic heterocycles. The molecule has 0 radical (unpaired) electrons. The summed E-state index contributed by atoms with van der Waals surface area (Å²) in [5.41, 5.74) is 2.30. The van der Waals surface area contributed by atoms with E-state index < -0.39 is 11.9 Å². The fourth-order valence-electron chi connectivity index (χ4n) is 4.68. The number of fused-ring (bicyclic) bond motifs is 1. The normalized spacial score (nSPS) is 14.8. The van der Waals surface area contributed by atoms with Crippen molar-refractivity contribution in [2.24, 2.45) is 4.99 Å². The number of phenols is 1. The van der Waals surface area contributed by atoms with Crippen LogP contribution in [0.3, 0.4) is 0 Å². The summed E-state index contributed by atoms with van der Waals surface area (Å²) in [7, 11) is 0. The van der Waals surface area contributed by atoms with Crippen LogP contribution >= 0.6 is 22.9 Å². The third kappa shape index (κ3) is 5.77. The fraction of sp³-hybridized carbons (Fsp3) is 0.194. The van der Waals surface area contributed by atoms with Crippen molar-refractivity contribution in [3.8, 4) is 17.2 Å². The summed E-state index contributed by atoms with van der Waals surface area (Å²) in [5.74, 6) is 0.419. The van der Waals surface area contributed by atoms with E-state index in [0.717, 1.165) is 0 Å². The van der Waals surface area contributed by atoms with Crippen molar-refractivity contribution in [2.45, 2.75) is 26.8 Å². The molecule has 0 fully saturated rings. The highest BCUT2D eigenvalue weighted by Crippen LogP contribution is 2.36. The van der Waals surface area contributed by atoms with E-state index in [1.165, 1.54) is 22.0 Å². The lowest BCUT2D eigenvalue weighted by Crippen LogP contribution is -2.40. The van der Waals surface area contributed by atoms with Crippen molar-refractivity contribution < 1.29 is 19.4 Å². The number of anilines is 1. The van der Waals surface area contributed by atoms with E-state index in [1.807, 2.05) is 32.0 Å². The minimum atomic E-state index is -0.831. The lowest BCUT2D eigenvalue weighted by Gasteiger charge is -2.26. The molecule has 0 spiro atoms. The molecule has 0 aliphatic carbocycles. The van der Waals surface area contributed by atoms with Gasteiger partial charge in [0, 0.05) is 16.3 Å². The van der Waals surface area contributed by atoms with Gasteiger partial charge in [-0.15, -0.1) is 0 Å². The van der Waals surface area contributed by atoms with Gasteiger partial charge in [0.25, 0.3) is 11.5 Å². The van der Waals surface area contributed by atoms with Gasteiger partial charge in [-0.2, -0.15) is 0 Å². The van der Waals surface area contributed by atoms with Gasteiger partial charge in [0.2, 0.25) is 0 Å². The van der Waals surface area contributed by atoms with Crippen LogP contribution in [0.5, 0.6) is 17.2 Å². The van der Waals surface area contributed by atoms with Gasteiger partial charge in [0.15, 0.2) is 16.3 Å². The molecule has 0 unspecified atom stereocenters. The monoisotopic (exact) mass is 589 g/mol. The van der Waals surface area contributed by atoms with Crippen LogP contribution in [0.25, 0.3) is 6.08 Å². The molecule has 210 valence electrons. The molecule has 1 aliphatic rings. The maximum absolute atomic E-state index is 14.0. The molecule has 0 saturated heterocycles. The average molecular weight is 590 g/mol. The maximum Gasteiger partial charge on any atom is 0.271 e. The van der Waals surface area contributed by atoms with Crippen molar-refractivity contribution in [2.75, 3.05) is 18.5 Å². The molecule has 3 aromatic carbocycles. The lowest BCUT2D eigenvalue weighted by atomic mass is 9.94. The van der Waals surface area contributed by atoms with E-state index in [1.54, 1.807) is 55.5 Å². The molecule has 1 aromatic heterocycles. The maximum atomic E-state index is 14.0. The minimum Gasteiger partial charge on any atom is -0.504 e. The van der Waals surface area contributed by atoms with Gasteiger partial charge < -0.3 is 19.9 Å². The highest BCUT2D eigenvalue weighted by atomic mass is 35.5. The SMILES string of the molecule is CCOc1cc([C@@H]2C(C(=O)Nc3ccccc3)=C(C)N=c3s/c(=C\c4cc(Cl)ccc4OCC)c(=O)n32)ccc1O. The Kier molecular flexibility index (Phi) is 8.28. The molecule has 5 rings (SSSR count). The van der Waals surface area contributed by atoms with Gasteiger partial charge >= 0.3 is 0 Å². The van der Waals surface area contributed by atoms with Crippen molar-refractivity contribution in [1.29, 1.82) is 0 Å². The summed E-state index contributed by atoms with van der Waals surface area (Å²) >= 11 is 7.47. The molecule has 4 aromatic rings. The number of rotatable bonds is 8. The number of aromatic hydroxyl groups is 1. The summed E-state index contributed by atoms with van der Waals surface area (Å²) in [5, 5.41) is 13.8. The van der Waals surface area contributed by atoms with Crippen molar-refractivity contribution in [1.82, 2.24) is 4.57 Å². The molecule has 1 atom stereocenters. The third-order valence-electron chi connectivity index (χ3n) is 6.46. The molecule has 0 bridgehead atoms. The Morgan fingerprint density at radius 1 is 1.07 bits per heavy atom. The largest absolute Gasteiger partial charge is 0.504 e. The van der Waals surface area contributed by atoms with Crippen LogP contribution in [0.2, 0.25) is 5.02 Å². The number of hydrogen-bond acceptors (Lipinski definition) is 7. The number of ether oxygens (including phenoxy) is 2. The Bertz CT molecular complexity index is 1830. The van der Waals surface area contributed by atoms with Crippen LogP contribution < -0.4 is 29.7 Å². The third-order valence-corrected chi connectivity index (χ3v) is 7.67. The van der Waals surface area contributed by atoms with E-state index in [-0.39, 0.29) is 17.1 Å². The number of amides is 1. The molecular weight excluding hydrogens is 562 g/mol. The average Bonchev–Trinajstić information content (AvgIpc) is 3.25. The van der Waals surface area contributed by atoms with E-state index in [9.17, 15) is 14.7 Å². The standard InChI is InChI=1S/C31H28ClN3O5S/c1-4-39-24-14-12-21(32)15-20(24)17-26-30(38)35-28(19-11-13-23(36)25(16-19)40-5-2)27(18(3)33-31(35)41-26)29(37)34-22-9-7-6-8-10-22/h6-17,28,36H,4-5H2,1-3H3,(H,34,37)/b26-17-/t28-/m1/s1. The number of aromatic nitrogens is 1. The Hall–Kier alpha value is -4.34. The number of phenolic OH excluding ortho intramolecular Hbond substituents is 1. The van der Waals surface area contributed by atoms with E-state index >= 15 is 0 Å². The van der Waals surface area contributed by atoms with Gasteiger partial charge in [-0.25, -0.2) is 4.99 Å². The van der Waals surface area contributed by atoms with E-state index in [2.05, 4.69) is 10.3 Å². The van der Waals surface area contributed by atoms with E-state index in [4.69, 9.17) is 21.1 Å². The van der Waals surface area contributed by atoms with Gasteiger partial charge in [-0.1, -0.05) is 47.2 Å². The molecule has 8 nitrogen and oxygen atoms in total. The van der Waals surface area contributed by atoms with Crippen LogP contribution in [-0.4, -0.2) is 28.8 Å². The molecular formula is C31H28ClN3O5S. The number of nitrogens with zero attached hydrogens (tertiary/aromatic N) is 2. The number of thiazole rings is 1. The Morgan fingerprint density at radius 3 is 2.54 bits per heavy atom. The number of nitrogens with one attached hydrogen (secondary N) is 1. The summed E-state index contributed by atoms with van der Waals surface area (Å²) in [6, 6.07) is 18.3. The second-order valence-electron chi connectivity index (χ2n) is 9.18. The fourth-order valence-corrected chi connectivity index (χ4v) is 5.90. The zero-order valence-corrected chi connectivity index (χ0v) is 24.3. The number of carbonyl (C=O) groups excluding carboxylic acids is 1. The summed E-state index contributed by atoms with van der Waals surface area (Å²) < 4.78 is 13.3. The zero-order valence-electron chi connectivity index (χ0n) is 22.7. The predicted molar refractivity (Wildman–Crippen MR) is 161 cm³/mol. The first-order valence-corrected chi connectivity index (χ1v) is 14.3. The Labute approximate surface area is 245 Å². The highest BCUT2D eigenvalue weighted by molar-refractivity contribution is 7.07. The van der Waals surface area contributed by atoms with Gasteiger partial charge in [0.05, 0.1) is 35.1 Å². The molecule has 0 saturated carbocycles. The van der Waals surface area contributed by atoms with Crippen LogP contribution in [0, 0.1) is 0 Å². The number of allylic oxidation sites excluding steroid dienone is 1. The van der Waals surface area contributed by atoms with Crippen LogP contribution in [-0.2, 0) is 4.79 Å². The second kappa shape index (κ2) is 12.0. The topological polar surface area (TPSA) is 102 Å². The van der Waals surface area contributed by atoms with Crippen molar-refractivity contribution in [3.05, 3.63) is 114 Å². The minimum absolute atomic E-state index is 0.0385. The highest BCUT2D eigenvalue weighted by Gasteiger charge is 2.33. The predicted octanol–water partition coefficient (Wildman–Crippen LogP) is 5.03. The first-order valence-electron chi connectivity index (χ1n) is 13.1. The number of benzene rings is 3. The number of para-hydroxylation sites is 1. The van der Waals surface area contributed by atoms with Crippen LogP contribution in [0.4, 0.5) is 5.69 Å². The van der Waals surface area contributed by atoms with Gasteiger partial charge in [0.1, 0.15) is 5.75 Å². The second-order valence-corrected chi connectivity index (χ2v) is 10.6. The number of carbonyl (C=O) groups is 1. The molecule has 41 heavy (non-hydrogen) atoms. The first-order chi connectivity index (χ1) is 19.8. The van der Waals surface area contributed by atoms with Gasteiger partial charge in [-0.3, -0.25) is 14.2 Å². The summed E-state index contributed by atoms with van der Waals surface area (Å²) in [4.78, 5) is 32.9. The number of halogens is 1. The molecule has 2 N–H and O–H groups in total. The van der Waals surface area contributed by atoms with E-state index in [0.29, 0.717) is 61.4 Å². The Morgan fingerprint density at radius 2 is 1.80 bits per heavy atom. The molecule has 10 heteroatoms. The zero-order chi connectivity index (χ0) is 29.1. The summed E-state index contributed by atoms with van der Waals surface area (Å²) in [6.45, 7) is 6.22. The first kappa shape index (κ1) is 28.2. The lowest BCUT2D eigenvalue weighted by molar-refractivity contribution is -0.113. The quantitative estimate of drug-likeness (QED) is 0.300. The number of hydrogen-bond donors (Lipinski definition) is 2. The summed E-state index contributed by atoms with van der Waals surface area (Å²) in [6.07, 6.45) is 1.73. The van der Waals surface area contributed by atoms with Gasteiger partial charge in [-0.05, 0) is 74.9 Å². The van der Waals surface area contributed by atoms with Crippen LogP contribution in [0.1, 0.15) is 37.9 Å². The van der Waals surface area contributed by atoms with Crippen molar-refractivity contribution in [3.63, 3.8) is 0 Å². The smallest absolute Gasteiger partial charge is 0.271 e. The molecule has 2 heterocycles.